The van der Waals surface area contributed by atoms with E-state index in [9.17, 15) is 18.4 Å². The van der Waals surface area contributed by atoms with Gasteiger partial charge in [-0.1, -0.05) is 31.2 Å². The first kappa shape index (κ1) is 16.7. The number of hydrogen-bond acceptors (Lipinski definition) is 3. The minimum atomic E-state index is -3.05. The van der Waals surface area contributed by atoms with E-state index in [0.717, 1.165) is 4.90 Å². The average molecular weight is 318 g/mol. The Morgan fingerprint density at radius 2 is 1.91 bits per heavy atom. The van der Waals surface area contributed by atoms with Crippen LogP contribution in [-0.2, 0) is 5.92 Å². The van der Waals surface area contributed by atoms with Gasteiger partial charge in [0, 0.05) is 19.0 Å². The molecule has 0 radical (unpaired) electrons. The molecule has 0 fully saturated rings. The summed E-state index contributed by atoms with van der Waals surface area (Å²) in [5.74, 6) is -3.45. The third kappa shape index (κ3) is 3.41. The number of pyridine rings is 1. The van der Waals surface area contributed by atoms with E-state index in [4.69, 9.17) is 0 Å². The normalized spacial score (nSPS) is 11.1. The molecule has 0 spiro atoms. The summed E-state index contributed by atoms with van der Waals surface area (Å²) in [7, 11) is 1.43. The monoisotopic (exact) mass is 318 g/mol. The van der Waals surface area contributed by atoms with Gasteiger partial charge in [-0.3, -0.25) is 14.5 Å². The molecule has 1 amide bonds. The van der Waals surface area contributed by atoms with E-state index in [1.54, 1.807) is 12.1 Å². The zero-order valence-electron chi connectivity index (χ0n) is 12.8. The second-order valence-corrected chi connectivity index (χ2v) is 5.01. The van der Waals surface area contributed by atoms with E-state index in [1.165, 1.54) is 44.3 Å². The van der Waals surface area contributed by atoms with Gasteiger partial charge >= 0.3 is 0 Å². The SMILES string of the molecule is CCC(F)(F)c1cccc(N(C)C(=O)c2ccccc2C=O)n1. The fourth-order valence-corrected chi connectivity index (χ4v) is 2.07. The maximum absolute atomic E-state index is 13.8. The second kappa shape index (κ2) is 6.64. The van der Waals surface area contributed by atoms with E-state index in [2.05, 4.69) is 4.98 Å². The number of alkyl halides is 2. The molecular weight excluding hydrogens is 302 g/mol. The van der Waals surface area contributed by atoms with Crippen LogP contribution >= 0.6 is 0 Å². The summed E-state index contributed by atoms with van der Waals surface area (Å²) in [5.41, 5.74) is 0.0414. The maximum Gasteiger partial charge on any atom is 0.289 e. The van der Waals surface area contributed by atoms with Gasteiger partial charge in [0.2, 0.25) is 0 Å². The molecular formula is C17H16F2N2O2. The molecule has 23 heavy (non-hydrogen) atoms. The maximum atomic E-state index is 13.8. The molecule has 2 aromatic rings. The lowest BCUT2D eigenvalue weighted by Crippen LogP contribution is -2.29. The highest BCUT2D eigenvalue weighted by Gasteiger charge is 2.31. The van der Waals surface area contributed by atoms with Crippen molar-refractivity contribution in [3.8, 4) is 0 Å². The molecule has 0 bridgehead atoms. The van der Waals surface area contributed by atoms with Crippen molar-refractivity contribution in [3.63, 3.8) is 0 Å². The minimum absolute atomic E-state index is 0.0985. The van der Waals surface area contributed by atoms with Crippen molar-refractivity contribution < 1.29 is 18.4 Å². The highest BCUT2D eigenvalue weighted by atomic mass is 19.3. The van der Waals surface area contributed by atoms with Gasteiger partial charge in [-0.15, -0.1) is 0 Å². The number of nitrogens with zero attached hydrogens (tertiary/aromatic N) is 2. The molecule has 6 heteroatoms. The van der Waals surface area contributed by atoms with Crippen LogP contribution in [0.2, 0.25) is 0 Å². The Kier molecular flexibility index (Phi) is 4.83. The van der Waals surface area contributed by atoms with Crippen LogP contribution in [0.3, 0.4) is 0 Å². The highest BCUT2D eigenvalue weighted by molar-refractivity contribution is 6.09. The lowest BCUT2D eigenvalue weighted by Gasteiger charge is -2.20. The van der Waals surface area contributed by atoms with Crippen molar-refractivity contribution in [2.24, 2.45) is 0 Å². The predicted molar refractivity (Wildman–Crippen MR) is 83.0 cm³/mol. The van der Waals surface area contributed by atoms with Crippen molar-refractivity contribution >= 4 is 18.0 Å². The van der Waals surface area contributed by atoms with E-state index < -0.39 is 11.8 Å². The van der Waals surface area contributed by atoms with Crippen LogP contribution in [0.15, 0.2) is 42.5 Å². The second-order valence-electron chi connectivity index (χ2n) is 5.01. The molecule has 1 aromatic heterocycles. The van der Waals surface area contributed by atoms with Crippen molar-refractivity contribution in [1.82, 2.24) is 4.98 Å². The molecule has 0 saturated carbocycles. The molecule has 1 aromatic carbocycles. The summed E-state index contributed by atoms with van der Waals surface area (Å²) in [4.78, 5) is 28.6. The van der Waals surface area contributed by atoms with Crippen LogP contribution in [0.4, 0.5) is 14.6 Å². The largest absolute Gasteiger partial charge is 0.298 e. The summed E-state index contributed by atoms with van der Waals surface area (Å²) in [6.45, 7) is 1.36. The van der Waals surface area contributed by atoms with E-state index >= 15 is 0 Å². The fourth-order valence-electron chi connectivity index (χ4n) is 2.07. The summed E-state index contributed by atoms with van der Waals surface area (Å²) in [6.07, 6.45) is 0.200. The third-order valence-electron chi connectivity index (χ3n) is 3.52. The zero-order chi connectivity index (χ0) is 17.0. The first-order valence-corrected chi connectivity index (χ1v) is 7.08. The van der Waals surface area contributed by atoms with Gasteiger partial charge in [0.25, 0.3) is 11.8 Å². The van der Waals surface area contributed by atoms with Crippen LogP contribution in [-0.4, -0.2) is 24.2 Å². The third-order valence-corrected chi connectivity index (χ3v) is 3.52. The zero-order valence-corrected chi connectivity index (χ0v) is 12.8. The number of halogens is 2. The number of hydrogen-bond donors (Lipinski definition) is 0. The first-order chi connectivity index (χ1) is 10.9. The molecule has 0 N–H and O–H groups in total. The summed E-state index contributed by atoms with van der Waals surface area (Å²) < 4.78 is 27.5. The van der Waals surface area contributed by atoms with Crippen molar-refractivity contribution in [2.75, 3.05) is 11.9 Å². The number of carbonyl (C=O) groups excluding carboxylic acids is 2. The Morgan fingerprint density at radius 1 is 1.22 bits per heavy atom. The van der Waals surface area contributed by atoms with Gasteiger partial charge in [-0.25, -0.2) is 4.98 Å². The highest BCUT2D eigenvalue weighted by Crippen LogP contribution is 2.30. The standard InChI is InChI=1S/C17H16F2N2O2/c1-3-17(18,19)14-9-6-10-15(20-14)21(2)16(23)13-8-5-4-7-12(13)11-22/h4-11H,3H2,1-2H3. The molecule has 2 rings (SSSR count). The number of carbonyl (C=O) groups is 2. The van der Waals surface area contributed by atoms with Crippen LogP contribution in [0.1, 0.15) is 39.8 Å². The van der Waals surface area contributed by atoms with Crippen molar-refractivity contribution in [2.45, 2.75) is 19.3 Å². The molecule has 1 heterocycles. The predicted octanol–water partition coefficient (Wildman–Crippen LogP) is 3.67. The van der Waals surface area contributed by atoms with Gasteiger partial charge in [-0.05, 0) is 18.2 Å². The lowest BCUT2D eigenvalue weighted by molar-refractivity contribution is -0.0127. The van der Waals surface area contributed by atoms with Crippen LogP contribution in [0.25, 0.3) is 0 Å². The smallest absolute Gasteiger partial charge is 0.289 e. The van der Waals surface area contributed by atoms with Gasteiger partial charge in [-0.2, -0.15) is 8.78 Å². The molecule has 0 aliphatic rings. The number of aromatic nitrogens is 1. The first-order valence-electron chi connectivity index (χ1n) is 7.08. The topological polar surface area (TPSA) is 50.3 Å². The number of rotatable bonds is 5. The average Bonchev–Trinajstić information content (AvgIpc) is 2.60. The number of aldehydes is 1. The van der Waals surface area contributed by atoms with Crippen LogP contribution in [0.5, 0.6) is 0 Å². The number of benzene rings is 1. The fraction of sp³-hybridized carbons (Fsp3) is 0.235. The molecule has 0 atom stereocenters. The Labute approximate surface area is 132 Å². The Balaban J connectivity index is 2.37. The Hall–Kier alpha value is -2.63. The lowest BCUT2D eigenvalue weighted by atomic mass is 10.1. The summed E-state index contributed by atoms with van der Waals surface area (Å²) in [5, 5.41) is 0. The molecule has 0 aliphatic carbocycles. The van der Waals surface area contributed by atoms with E-state index in [0.29, 0.717) is 6.29 Å². The summed E-state index contributed by atoms with van der Waals surface area (Å²) in [6, 6.07) is 10.4. The quantitative estimate of drug-likeness (QED) is 0.790. The van der Waals surface area contributed by atoms with Crippen LogP contribution < -0.4 is 4.90 Å². The Bertz CT molecular complexity index is 732. The van der Waals surface area contributed by atoms with E-state index in [1.807, 2.05) is 0 Å². The van der Waals surface area contributed by atoms with Gasteiger partial charge in [0.15, 0.2) is 6.29 Å². The van der Waals surface area contributed by atoms with E-state index in [-0.39, 0.29) is 29.1 Å². The molecule has 120 valence electrons. The number of anilines is 1. The number of amides is 1. The van der Waals surface area contributed by atoms with Crippen molar-refractivity contribution in [3.05, 3.63) is 59.3 Å². The van der Waals surface area contributed by atoms with Gasteiger partial charge in [0.05, 0.1) is 5.56 Å². The Morgan fingerprint density at radius 3 is 2.57 bits per heavy atom. The van der Waals surface area contributed by atoms with Gasteiger partial charge in [0.1, 0.15) is 11.5 Å². The molecule has 0 aliphatic heterocycles. The van der Waals surface area contributed by atoms with Gasteiger partial charge < -0.3 is 0 Å². The minimum Gasteiger partial charge on any atom is -0.298 e. The summed E-state index contributed by atoms with van der Waals surface area (Å²) >= 11 is 0. The molecule has 4 nitrogen and oxygen atoms in total. The van der Waals surface area contributed by atoms with Crippen LogP contribution in [0, 0.1) is 0 Å². The van der Waals surface area contributed by atoms with Crippen molar-refractivity contribution in [1.29, 1.82) is 0 Å². The molecule has 0 unspecified atom stereocenters. The molecule has 0 saturated heterocycles.